The van der Waals surface area contributed by atoms with E-state index in [2.05, 4.69) is 27.2 Å². The summed E-state index contributed by atoms with van der Waals surface area (Å²) in [5.41, 5.74) is 3.48. The van der Waals surface area contributed by atoms with Gasteiger partial charge in [0.05, 0.1) is 5.56 Å². The Balaban J connectivity index is 1.64. The molecule has 1 fully saturated rings. The SMILES string of the molecule is ONc1cccnc1N1CCC(=CC#Cc2cccc(C(F)(F)F)c2)CC1. The fourth-order valence-electron chi connectivity index (χ4n) is 2.88. The first kappa shape index (κ1) is 18.8. The van der Waals surface area contributed by atoms with Crippen molar-refractivity contribution in [2.75, 3.05) is 23.5 Å². The largest absolute Gasteiger partial charge is 0.416 e. The third kappa shape index (κ3) is 4.80. The van der Waals surface area contributed by atoms with Crippen molar-refractivity contribution in [3.63, 3.8) is 0 Å². The van der Waals surface area contributed by atoms with Gasteiger partial charge in [-0.25, -0.2) is 4.98 Å². The molecule has 1 aromatic heterocycles. The minimum Gasteiger partial charge on any atom is -0.354 e. The van der Waals surface area contributed by atoms with E-state index in [0.717, 1.165) is 43.6 Å². The molecule has 2 aromatic rings. The fraction of sp³-hybridized carbons (Fsp3) is 0.250. The number of nitrogens with zero attached hydrogens (tertiary/aromatic N) is 2. The number of hydrogen-bond donors (Lipinski definition) is 2. The van der Waals surface area contributed by atoms with E-state index in [9.17, 15) is 18.4 Å². The Morgan fingerprint density at radius 1 is 1.15 bits per heavy atom. The van der Waals surface area contributed by atoms with Crippen LogP contribution in [0.15, 0.2) is 54.2 Å². The molecule has 0 amide bonds. The van der Waals surface area contributed by atoms with Crippen molar-refractivity contribution in [3.05, 3.63) is 65.4 Å². The molecule has 1 aliphatic heterocycles. The second-order valence-corrected chi connectivity index (χ2v) is 6.12. The number of alkyl halides is 3. The Morgan fingerprint density at radius 3 is 2.63 bits per heavy atom. The van der Waals surface area contributed by atoms with Gasteiger partial charge < -0.3 is 4.90 Å². The van der Waals surface area contributed by atoms with Crippen LogP contribution in [0.3, 0.4) is 0 Å². The fourth-order valence-corrected chi connectivity index (χ4v) is 2.88. The van der Waals surface area contributed by atoms with Crippen LogP contribution in [0.2, 0.25) is 0 Å². The number of benzene rings is 1. The van der Waals surface area contributed by atoms with Crippen LogP contribution in [-0.4, -0.2) is 23.3 Å². The van der Waals surface area contributed by atoms with Gasteiger partial charge in [-0.3, -0.25) is 10.7 Å². The minimum atomic E-state index is -4.36. The summed E-state index contributed by atoms with van der Waals surface area (Å²) >= 11 is 0. The monoisotopic (exact) mass is 373 g/mol. The maximum atomic E-state index is 12.7. The van der Waals surface area contributed by atoms with Gasteiger partial charge in [0.2, 0.25) is 0 Å². The molecule has 0 atom stereocenters. The first-order chi connectivity index (χ1) is 13.0. The molecule has 0 unspecified atom stereocenters. The molecule has 4 nitrogen and oxygen atoms in total. The summed E-state index contributed by atoms with van der Waals surface area (Å²) in [7, 11) is 0. The average molecular weight is 373 g/mol. The number of nitrogens with one attached hydrogen (secondary N) is 1. The van der Waals surface area contributed by atoms with Gasteiger partial charge in [0.25, 0.3) is 0 Å². The molecule has 7 heteroatoms. The highest BCUT2D eigenvalue weighted by atomic mass is 19.4. The van der Waals surface area contributed by atoms with E-state index in [4.69, 9.17) is 0 Å². The van der Waals surface area contributed by atoms with Gasteiger partial charge >= 0.3 is 6.18 Å². The first-order valence-corrected chi connectivity index (χ1v) is 8.44. The third-order valence-corrected chi connectivity index (χ3v) is 4.30. The summed E-state index contributed by atoms with van der Waals surface area (Å²) < 4.78 is 38.2. The Bertz CT molecular complexity index is 887. The summed E-state index contributed by atoms with van der Waals surface area (Å²) in [5.74, 6) is 6.32. The number of rotatable bonds is 2. The smallest absolute Gasteiger partial charge is 0.354 e. The van der Waals surface area contributed by atoms with Gasteiger partial charge in [0, 0.05) is 24.8 Å². The van der Waals surface area contributed by atoms with E-state index in [1.807, 2.05) is 0 Å². The number of hydrogen-bond acceptors (Lipinski definition) is 4. The van der Waals surface area contributed by atoms with Crippen LogP contribution < -0.4 is 10.4 Å². The number of aromatic nitrogens is 1. The number of pyridine rings is 1. The van der Waals surface area contributed by atoms with E-state index in [1.165, 1.54) is 6.07 Å². The maximum Gasteiger partial charge on any atom is 0.416 e. The van der Waals surface area contributed by atoms with Gasteiger partial charge in [-0.15, -0.1) is 0 Å². The van der Waals surface area contributed by atoms with Crippen LogP contribution in [0.1, 0.15) is 24.0 Å². The number of allylic oxidation sites excluding steroid dienone is 1. The van der Waals surface area contributed by atoms with E-state index in [1.54, 1.807) is 30.5 Å². The van der Waals surface area contributed by atoms with Gasteiger partial charge in [-0.1, -0.05) is 23.5 Å². The third-order valence-electron chi connectivity index (χ3n) is 4.30. The van der Waals surface area contributed by atoms with E-state index in [-0.39, 0.29) is 0 Å². The van der Waals surface area contributed by atoms with Crippen molar-refractivity contribution >= 4 is 11.5 Å². The van der Waals surface area contributed by atoms with Crippen LogP contribution in [0.4, 0.5) is 24.7 Å². The number of piperidine rings is 1. The zero-order chi connectivity index (χ0) is 19.3. The zero-order valence-electron chi connectivity index (χ0n) is 14.4. The van der Waals surface area contributed by atoms with Crippen molar-refractivity contribution in [2.45, 2.75) is 19.0 Å². The highest BCUT2D eigenvalue weighted by Gasteiger charge is 2.30. The van der Waals surface area contributed by atoms with Crippen molar-refractivity contribution in [1.29, 1.82) is 0 Å². The van der Waals surface area contributed by atoms with Gasteiger partial charge in [0.1, 0.15) is 5.69 Å². The highest BCUT2D eigenvalue weighted by Crippen LogP contribution is 2.29. The van der Waals surface area contributed by atoms with Crippen LogP contribution in [0.25, 0.3) is 0 Å². The zero-order valence-corrected chi connectivity index (χ0v) is 14.4. The van der Waals surface area contributed by atoms with Crippen molar-refractivity contribution in [2.24, 2.45) is 0 Å². The Hall–Kier alpha value is -2.98. The molecule has 0 aliphatic carbocycles. The summed E-state index contributed by atoms with van der Waals surface area (Å²) in [5, 5.41) is 9.18. The molecule has 0 radical (unpaired) electrons. The topological polar surface area (TPSA) is 48.4 Å². The molecule has 27 heavy (non-hydrogen) atoms. The molecule has 2 heterocycles. The summed E-state index contributed by atoms with van der Waals surface area (Å²) in [6.45, 7) is 1.45. The lowest BCUT2D eigenvalue weighted by atomic mass is 10.0. The number of halogens is 3. The van der Waals surface area contributed by atoms with Crippen LogP contribution in [-0.2, 0) is 6.18 Å². The molecule has 0 spiro atoms. The Morgan fingerprint density at radius 2 is 1.93 bits per heavy atom. The second kappa shape index (κ2) is 8.14. The normalized spacial score (nSPS) is 14.4. The summed E-state index contributed by atoms with van der Waals surface area (Å²) in [6, 6.07) is 8.49. The van der Waals surface area contributed by atoms with Gasteiger partial charge in [-0.2, -0.15) is 13.2 Å². The maximum absolute atomic E-state index is 12.7. The minimum absolute atomic E-state index is 0.339. The molecule has 3 rings (SSSR count). The first-order valence-electron chi connectivity index (χ1n) is 8.44. The van der Waals surface area contributed by atoms with Crippen molar-refractivity contribution in [1.82, 2.24) is 4.98 Å². The molecule has 0 saturated carbocycles. The van der Waals surface area contributed by atoms with E-state index >= 15 is 0 Å². The van der Waals surface area contributed by atoms with Gasteiger partial charge in [-0.05, 0) is 49.2 Å². The lowest BCUT2D eigenvalue weighted by Gasteiger charge is -2.30. The predicted octanol–water partition coefficient (Wildman–Crippen LogP) is 4.48. The molecule has 0 bridgehead atoms. The molecule has 2 N–H and O–H groups in total. The Labute approximate surface area is 155 Å². The van der Waals surface area contributed by atoms with Crippen molar-refractivity contribution in [3.8, 4) is 11.8 Å². The second-order valence-electron chi connectivity index (χ2n) is 6.12. The van der Waals surface area contributed by atoms with Crippen LogP contribution in [0, 0.1) is 11.8 Å². The molecular weight excluding hydrogens is 355 g/mol. The average Bonchev–Trinajstić information content (AvgIpc) is 2.68. The predicted molar refractivity (Wildman–Crippen MR) is 97.5 cm³/mol. The molecule has 140 valence electrons. The molecular formula is C20H18F3N3O. The molecule has 1 aromatic carbocycles. The van der Waals surface area contributed by atoms with E-state index in [0.29, 0.717) is 17.1 Å². The summed E-state index contributed by atoms with van der Waals surface area (Å²) in [6.07, 6.45) is 0.636. The number of anilines is 2. The van der Waals surface area contributed by atoms with Crippen molar-refractivity contribution < 1.29 is 18.4 Å². The van der Waals surface area contributed by atoms with E-state index < -0.39 is 11.7 Å². The van der Waals surface area contributed by atoms with Crippen LogP contribution in [0.5, 0.6) is 0 Å². The standard InChI is InChI=1S/C20H18F3N3O/c21-20(22,23)17-7-2-6-16(14-17)5-1-4-15-9-12-26(13-10-15)19-18(25-27)8-3-11-24-19/h2-4,6-8,11,14,25,27H,9-10,12-13H2. The lowest BCUT2D eigenvalue weighted by molar-refractivity contribution is -0.137. The van der Waals surface area contributed by atoms with Gasteiger partial charge in [0.15, 0.2) is 5.82 Å². The van der Waals surface area contributed by atoms with Crippen LogP contribution >= 0.6 is 0 Å². The quantitative estimate of drug-likeness (QED) is 0.602. The molecule has 1 saturated heterocycles. The summed E-state index contributed by atoms with van der Waals surface area (Å²) in [4.78, 5) is 6.36. The highest BCUT2D eigenvalue weighted by molar-refractivity contribution is 5.64. The molecule has 1 aliphatic rings. The lowest BCUT2D eigenvalue weighted by Crippen LogP contribution is -2.31. The Kier molecular flexibility index (Phi) is 5.67.